The molecule has 3 aliphatic rings. The molecule has 0 saturated carbocycles. The van der Waals surface area contributed by atoms with Crippen LogP contribution in [0, 0.1) is 17.8 Å². The zero-order chi connectivity index (χ0) is 34.2. The van der Waals surface area contributed by atoms with Crippen molar-refractivity contribution in [1.29, 1.82) is 0 Å². The fourth-order valence-electron chi connectivity index (χ4n) is 7.98. The van der Waals surface area contributed by atoms with Crippen LogP contribution in [0.3, 0.4) is 0 Å². The van der Waals surface area contributed by atoms with Gasteiger partial charge in [-0.25, -0.2) is 4.68 Å². The second-order valence-corrected chi connectivity index (χ2v) is 16.2. The second kappa shape index (κ2) is 14.2. The molecule has 3 saturated heterocycles. The van der Waals surface area contributed by atoms with Gasteiger partial charge in [-0.1, -0.05) is 89.6 Å². The zero-order valence-electron chi connectivity index (χ0n) is 27.4. The van der Waals surface area contributed by atoms with Gasteiger partial charge in [-0.2, -0.15) is 0 Å². The molecule has 48 heavy (non-hydrogen) atoms. The van der Waals surface area contributed by atoms with Crippen LogP contribution in [0.2, 0.25) is 0 Å². The summed E-state index contributed by atoms with van der Waals surface area (Å²) < 4.78 is 0.814. The number of fused-ring (bicyclic) bond motifs is 2. The predicted octanol–water partition coefficient (Wildman–Crippen LogP) is 4.49. The molecule has 2 aromatic carbocycles. The van der Waals surface area contributed by atoms with Crippen molar-refractivity contribution in [1.82, 2.24) is 29.7 Å². The van der Waals surface area contributed by atoms with Gasteiger partial charge in [-0.05, 0) is 36.5 Å². The quantitative estimate of drug-likeness (QED) is 0.192. The standard InChI is InChI=1S/C36H43BrN6O4S/c1-5-16-40(20-24-12-8-7-9-13-24)33(45)29-30-34(46)43(25(21-44)18-23(3)4)32(36(30)19-26(37)31(29)48-36)35(47)41(17-6-2)22-42-28-15-11-10-14-27(28)38-39-42/h5-15,23,25-26,29-32,44H,1-2,16-22H2,3-4H3/t25-,26?,29-,30+,31-,32?,36?/m1/s1. The number of alkyl halides is 1. The third-order valence-electron chi connectivity index (χ3n) is 9.86. The molecular weight excluding hydrogens is 692 g/mol. The number of aliphatic hydroxyl groups is 1. The number of likely N-dealkylation sites (tertiary alicyclic amines) is 1. The predicted molar refractivity (Wildman–Crippen MR) is 191 cm³/mol. The summed E-state index contributed by atoms with van der Waals surface area (Å²) in [5, 5.41) is 19.1. The Morgan fingerprint density at radius 2 is 1.77 bits per heavy atom. The van der Waals surface area contributed by atoms with Gasteiger partial charge in [0, 0.05) is 29.7 Å². The molecule has 0 aliphatic carbocycles. The van der Waals surface area contributed by atoms with Gasteiger partial charge in [0.2, 0.25) is 17.7 Å². The SMILES string of the molecule is C=CCN(Cn1nnc2ccccc21)C(=O)C1N([C@@H](CO)CC(C)C)C(=O)[C@@H]2[C@@H](C(=O)N(CC=C)Cc3ccccc3)[C@@H]3SC12CC3Br. The number of rotatable bonds is 14. The van der Waals surface area contributed by atoms with Crippen LogP contribution in [0.4, 0.5) is 0 Å². The first-order valence-electron chi connectivity index (χ1n) is 16.5. The molecular formula is C36H43BrN6O4S. The third kappa shape index (κ3) is 6.00. The number of aliphatic hydroxyl groups excluding tert-OH is 1. The summed E-state index contributed by atoms with van der Waals surface area (Å²) in [6.45, 7) is 12.7. The van der Waals surface area contributed by atoms with Crippen molar-refractivity contribution in [2.24, 2.45) is 17.8 Å². The summed E-state index contributed by atoms with van der Waals surface area (Å²) in [6.07, 6.45) is 4.44. The van der Waals surface area contributed by atoms with Gasteiger partial charge in [0.25, 0.3) is 0 Å². The van der Waals surface area contributed by atoms with E-state index >= 15 is 4.79 Å². The lowest BCUT2D eigenvalue weighted by Gasteiger charge is -2.40. The van der Waals surface area contributed by atoms with Gasteiger partial charge in [0.1, 0.15) is 18.2 Å². The molecule has 3 amide bonds. The van der Waals surface area contributed by atoms with Crippen molar-refractivity contribution < 1.29 is 19.5 Å². The number of aromatic nitrogens is 3. The molecule has 2 bridgehead atoms. The Morgan fingerprint density at radius 3 is 2.46 bits per heavy atom. The summed E-state index contributed by atoms with van der Waals surface area (Å²) >= 11 is 5.49. The van der Waals surface area contributed by atoms with Gasteiger partial charge in [0.05, 0.1) is 34.7 Å². The van der Waals surface area contributed by atoms with Crippen LogP contribution < -0.4 is 0 Å². The van der Waals surface area contributed by atoms with Gasteiger partial charge in [0.15, 0.2) is 0 Å². The van der Waals surface area contributed by atoms with E-state index in [0.29, 0.717) is 31.4 Å². The Bertz CT molecular complexity index is 1680. The Kier molecular flexibility index (Phi) is 10.1. The van der Waals surface area contributed by atoms with Crippen molar-refractivity contribution in [2.75, 3.05) is 19.7 Å². The maximum absolute atomic E-state index is 15.0. The number of halogens is 1. The molecule has 10 nitrogen and oxygen atoms in total. The Hall–Kier alpha value is -3.48. The van der Waals surface area contributed by atoms with Crippen molar-refractivity contribution >= 4 is 56.4 Å². The van der Waals surface area contributed by atoms with Gasteiger partial charge >= 0.3 is 0 Å². The number of carbonyl (C=O) groups is 3. The molecule has 7 atom stereocenters. The lowest BCUT2D eigenvalue weighted by molar-refractivity contribution is -0.148. The molecule has 1 N–H and O–H groups in total. The van der Waals surface area contributed by atoms with Crippen LogP contribution >= 0.6 is 27.7 Å². The Morgan fingerprint density at radius 1 is 1.08 bits per heavy atom. The first-order chi connectivity index (χ1) is 23.1. The van der Waals surface area contributed by atoms with Crippen LogP contribution in [0.5, 0.6) is 0 Å². The maximum Gasteiger partial charge on any atom is 0.248 e. The number of carbonyl (C=O) groups excluding carboxylic acids is 3. The van der Waals surface area contributed by atoms with E-state index in [4.69, 9.17) is 0 Å². The summed E-state index contributed by atoms with van der Waals surface area (Å²) in [7, 11) is 0. The Balaban J connectivity index is 1.41. The van der Waals surface area contributed by atoms with E-state index in [1.165, 1.54) is 0 Å². The molecule has 3 fully saturated rings. The van der Waals surface area contributed by atoms with E-state index in [0.717, 1.165) is 11.1 Å². The second-order valence-electron chi connectivity index (χ2n) is 13.4. The van der Waals surface area contributed by atoms with E-state index in [2.05, 4.69) is 39.4 Å². The van der Waals surface area contributed by atoms with Crippen LogP contribution in [-0.4, -0.2) is 99.1 Å². The van der Waals surface area contributed by atoms with E-state index in [1.807, 2.05) is 68.4 Å². The van der Waals surface area contributed by atoms with E-state index in [1.54, 1.807) is 43.3 Å². The van der Waals surface area contributed by atoms with E-state index < -0.39 is 28.7 Å². The van der Waals surface area contributed by atoms with Crippen LogP contribution in [-0.2, 0) is 27.6 Å². The van der Waals surface area contributed by atoms with Crippen molar-refractivity contribution in [3.05, 3.63) is 85.5 Å². The van der Waals surface area contributed by atoms with Crippen molar-refractivity contribution in [3.63, 3.8) is 0 Å². The highest BCUT2D eigenvalue weighted by Gasteiger charge is 2.76. The topological polar surface area (TPSA) is 112 Å². The van der Waals surface area contributed by atoms with Gasteiger partial charge in [-0.15, -0.1) is 30.0 Å². The lowest BCUT2D eigenvalue weighted by atomic mass is 9.70. The first-order valence-corrected chi connectivity index (χ1v) is 18.3. The number of hydrogen-bond acceptors (Lipinski definition) is 7. The number of nitrogens with zero attached hydrogens (tertiary/aromatic N) is 6. The molecule has 12 heteroatoms. The summed E-state index contributed by atoms with van der Waals surface area (Å²) in [5.74, 6) is -1.80. The fraction of sp³-hybridized carbons (Fsp3) is 0.472. The summed E-state index contributed by atoms with van der Waals surface area (Å²) in [5.41, 5.74) is 2.48. The normalized spacial score (nSPS) is 26.6. The number of hydrogen-bond donors (Lipinski definition) is 1. The molecule has 6 rings (SSSR count). The van der Waals surface area contributed by atoms with Gasteiger partial charge in [-0.3, -0.25) is 14.4 Å². The number of thioether (sulfide) groups is 1. The zero-order valence-corrected chi connectivity index (χ0v) is 29.8. The molecule has 1 aromatic heterocycles. The minimum atomic E-state index is -0.893. The molecule has 1 spiro atoms. The smallest absolute Gasteiger partial charge is 0.248 e. The minimum absolute atomic E-state index is 0.0807. The van der Waals surface area contributed by atoms with Crippen molar-refractivity contribution in [3.8, 4) is 0 Å². The lowest BCUT2D eigenvalue weighted by Crippen LogP contribution is -2.58. The third-order valence-corrected chi connectivity index (χ3v) is 13.1. The largest absolute Gasteiger partial charge is 0.394 e. The Labute approximate surface area is 294 Å². The summed E-state index contributed by atoms with van der Waals surface area (Å²) in [6, 6.07) is 15.9. The maximum atomic E-state index is 15.0. The highest BCUT2D eigenvalue weighted by molar-refractivity contribution is 9.09. The first kappa shape index (κ1) is 34.4. The van der Waals surface area contributed by atoms with Gasteiger partial charge < -0.3 is 19.8 Å². The summed E-state index contributed by atoms with van der Waals surface area (Å²) in [4.78, 5) is 49.5. The van der Waals surface area contributed by atoms with E-state index in [9.17, 15) is 14.7 Å². The van der Waals surface area contributed by atoms with Crippen molar-refractivity contribution in [2.45, 2.75) is 66.8 Å². The van der Waals surface area contributed by atoms with E-state index in [-0.39, 0.29) is 53.5 Å². The average Bonchev–Trinajstić information content (AvgIpc) is 3.80. The number of amides is 3. The molecule has 3 unspecified atom stereocenters. The molecule has 254 valence electrons. The monoisotopic (exact) mass is 734 g/mol. The molecule has 3 aromatic rings. The highest BCUT2D eigenvalue weighted by atomic mass is 79.9. The van der Waals surface area contributed by atoms with Crippen LogP contribution in [0.25, 0.3) is 11.0 Å². The van der Waals surface area contributed by atoms with Crippen LogP contribution in [0.1, 0.15) is 32.3 Å². The molecule has 4 heterocycles. The average molecular weight is 736 g/mol. The number of para-hydroxylation sites is 1. The van der Waals surface area contributed by atoms with Crippen LogP contribution in [0.15, 0.2) is 79.9 Å². The minimum Gasteiger partial charge on any atom is -0.394 e. The molecule has 0 radical (unpaired) electrons. The molecule has 3 aliphatic heterocycles. The number of benzene rings is 2. The fourth-order valence-corrected chi connectivity index (χ4v) is 11.6. The highest BCUT2D eigenvalue weighted by Crippen LogP contribution is 2.68.